The second-order valence-electron chi connectivity index (χ2n) is 6.61. The number of amides is 3. The lowest BCUT2D eigenvalue weighted by Gasteiger charge is -2.35. The van der Waals surface area contributed by atoms with Crippen LogP contribution in [0.15, 0.2) is 36.9 Å². The first kappa shape index (κ1) is 19.9. The van der Waals surface area contributed by atoms with Crippen LogP contribution in [0.2, 0.25) is 0 Å². The number of nitrogens with zero attached hydrogens (tertiary/aromatic N) is 3. The maximum Gasteiger partial charge on any atom is 0.312 e. The van der Waals surface area contributed by atoms with Crippen molar-refractivity contribution in [3.8, 4) is 5.75 Å². The second kappa shape index (κ2) is 9.36. The van der Waals surface area contributed by atoms with Gasteiger partial charge in [0.15, 0.2) is 0 Å². The van der Waals surface area contributed by atoms with Gasteiger partial charge >= 0.3 is 11.8 Å². The number of benzene rings is 1. The smallest absolute Gasteiger partial charge is 0.312 e. The zero-order valence-electron chi connectivity index (χ0n) is 15.8. The fourth-order valence-corrected chi connectivity index (χ4v) is 3.18. The quantitative estimate of drug-likeness (QED) is 0.552. The van der Waals surface area contributed by atoms with Crippen LogP contribution < -0.4 is 4.74 Å². The third kappa shape index (κ3) is 4.69. The lowest BCUT2D eigenvalue weighted by atomic mass is 10.1. The number of piperazine rings is 1. The highest BCUT2D eigenvalue weighted by Crippen LogP contribution is 2.15. The van der Waals surface area contributed by atoms with Crippen molar-refractivity contribution >= 4 is 17.7 Å². The Morgan fingerprint density at radius 3 is 2.00 bits per heavy atom. The molecule has 2 heterocycles. The third-order valence-corrected chi connectivity index (χ3v) is 4.80. The molecular weight excluding hydrogens is 362 g/mol. The average molecular weight is 387 g/mol. The van der Waals surface area contributed by atoms with E-state index in [9.17, 15) is 14.4 Å². The van der Waals surface area contributed by atoms with Crippen LogP contribution in [0.1, 0.15) is 10.4 Å². The summed E-state index contributed by atoms with van der Waals surface area (Å²) in [5.74, 6) is -0.411. The number of ether oxygens (including phenoxy) is 2. The van der Waals surface area contributed by atoms with Crippen molar-refractivity contribution < 1.29 is 23.9 Å². The number of rotatable bonds is 4. The number of morpholine rings is 1. The molecule has 0 atom stereocenters. The highest BCUT2D eigenvalue weighted by Gasteiger charge is 2.31. The van der Waals surface area contributed by atoms with Crippen molar-refractivity contribution in [2.75, 3.05) is 59.1 Å². The minimum absolute atomic E-state index is 0.0955. The van der Waals surface area contributed by atoms with E-state index < -0.39 is 11.8 Å². The van der Waals surface area contributed by atoms with E-state index in [4.69, 9.17) is 9.47 Å². The first-order valence-corrected chi connectivity index (χ1v) is 9.39. The number of hydrogen-bond acceptors (Lipinski definition) is 5. The summed E-state index contributed by atoms with van der Waals surface area (Å²) in [6, 6.07) is 6.94. The molecule has 8 nitrogen and oxygen atoms in total. The topological polar surface area (TPSA) is 79.4 Å². The van der Waals surface area contributed by atoms with E-state index >= 15 is 0 Å². The lowest BCUT2D eigenvalue weighted by Crippen LogP contribution is -2.55. The molecule has 0 aliphatic carbocycles. The summed E-state index contributed by atoms with van der Waals surface area (Å²) in [5.41, 5.74) is 0.565. The van der Waals surface area contributed by atoms with Crippen molar-refractivity contribution in [3.63, 3.8) is 0 Å². The monoisotopic (exact) mass is 387 g/mol. The molecule has 0 N–H and O–H groups in total. The van der Waals surface area contributed by atoms with E-state index in [0.717, 1.165) is 0 Å². The van der Waals surface area contributed by atoms with E-state index in [-0.39, 0.29) is 5.91 Å². The van der Waals surface area contributed by atoms with Gasteiger partial charge in [0.1, 0.15) is 12.4 Å². The molecule has 1 aromatic carbocycles. The molecule has 2 aliphatic heterocycles. The molecular formula is C20H25N3O5. The van der Waals surface area contributed by atoms with Crippen LogP contribution in [0.25, 0.3) is 0 Å². The minimum Gasteiger partial charge on any atom is -0.490 e. The molecule has 28 heavy (non-hydrogen) atoms. The van der Waals surface area contributed by atoms with Crippen molar-refractivity contribution in [1.29, 1.82) is 0 Å². The summed E-state index contributed by atoms with van der Waals surface area (Å²) in [5, 5.41) is 0. The molecule has 0 bridgehead atoms. The van der Waals surface area contributed by atoms with E-state index in [1.807, 2.05) is 0 Å². The van der Waals surface area contributed by atoms with Gasteiger partial charge in [-0.3, -0.25) is 14.4 Å². The predicted molar refractivity (Wildman–Crippen MR) is 102 cm³/mol. The highest BCUT2D eigenvalue weighted by molar-refractivity contribution is 6.34. The molecule has 2 aliphatic rings. The molecule has 0 aromatic heterocycles. The SMILES string of the molecule is C=CCOc1ccc(C(=O)N2CCN(C(=O)C(=O)N3CCOCC3)CC2)cc1. The van der Waals surface area contributed by atoms with Crippen molar-refractivity contribution in [2.24, 2.45) is 0 Å². The molecule has 150 valence electrons. The van der Waals surface area contributed by atoms with Gasteiger partial charge < -0.3 is 24.2 Å². The van der Waals surface area contributed by atoms with E-state index in [2.05, 4.69) is 6.58 Å². The van der Waals surface area contributed by atoms with Crippen LogP contribution in [-0.2, 0) is 14.3 Å². The van der Waals surface area contributed by atoms with Crippen molar-refractivity contribution in [1.82, 2.24) is 14.7 Å². The Labute approximate surface area is 164 Å². The summed E-state index contributed by atoms with van der Waals surface area (Å²) in [7, 11) is 0. The molecule has 2 saturated heterocycles. The third-order valence-electron chi connectivity index (χ3n) is 4.80. The molecule has 0 saturated carbocycles. The van der Waals surface area contributed by atoms with Crippen LogP contribution in [0, 0.1) is 0 Å². The average Bonchev–Trinajstić information content (AvgIpc) is 2.77. The Morgan fingerprint density at radius 1 is 0.893 bits per heavy atom. The van der Waals surface area contributed by atoms with E-state index in [0.29, 0.717) is 70.4 Å². The molecule has 8 heteroatoms. The summed E-state index contributed by atoms with van der Waals surface area (Å²) < 4.78 is 10.6. The summed E-state index contributed by atoms with van der Waals surface area (Å²) in [4.78, 5) is 42.2. The molecule has 1 aromatic rings. The largest absolute Gasteiger partial charge is 0.490 e. The van der Waals surface area contributed by atoms with Gasteiger partial charge in [-0.05, 0) is 24.3 Å². The second-order valence-corrected chi connectivity index (χ2v) is 6.61. The molecule has 0 radical (unpaired) electrons. The van der Waals surface area contributed by atoms with Gasteiger partial charge in [0.25, 0.3) is 5.91 Å². The van der Waals surface area contributed by atoms with Gasteiger partial charge in [0, 0.05) is 44.8 Å². The standard InChI is InChI=1S/C20H25N3O5/c1-2-13-28-17-5-3-16(4-6-17)18(24)21-7-9-22(10-8-21)19(25)20(26)23-11-14-27-15-12-23/h2-6H,1,7-15H2. The Bertz CT molecular complexity index is 720. The molecule has 0 spiro atoms. The maximum atomic E-state index is 12.7. The fourth-order valence-electron chi connectivity index (χ4n) is 3.18. The van der Waals surface area contributed by atoms with Gasteiger partial charge in [-0.1, -0.05) is 12.7 Å². The van der Waals surface area contributed by atoms with Crippen LogP contribution in [0.4, 0.5) is 0 Å². The Hall–Kier alpha value is -2.87. The van der Waals surface area contributed by atoms with Gasteiger partial charge in [-0.25, -0.2) is 0 Å². The summed E-state index contributed by atoms with van der Waals surface area (Å²) in [6.45, 7) is 7.29. The van der Waals surface area contributed by atoms with Crippen molar-refractivity contribution in [2.45, 2.75) is 0 Å². The van der Waals surface area contributed by atoms with Gasteiger partial charge in [0.2, 0.25) is 0 Å². The normalized spacial score (nSPS) is 17.2. The van der Waals surface area contributed by atoms with Crippen molar-refractivity contribution in [3.05, 3.63) is 42.5 Å². The molecule has 3 amide bonds. The first-order chi connectivity index (χ1) is 13.6. The number of carbonyl (C=O) groups is 3. The predicted octanol–water partition coefficient (Wildman–Crippen LogP) is 0.395. The maximum absolute atomic E-state index is 12.7. The van der Waals surface area contributed by atoms with Crippen LogP contribution in [-0.4, -0.2) is 91.5 Å². The first-order valence-electron chi connectivity index (χ1n) is 9.39. The highest BCUT2D eigenvalue weighted by atomic mass is 16.5. The van der Waals surface area contributed by atoms with Crippen LogP contribution in [0.5, 0.6) is 5.75 Å². The lowest BCUT2D eigenvalue weighted by molar-refractivity contribution is -0.154. The Kier molecular flexibility index (Phi) is 6.65. The Balaban J connectivity index is 1.51. The zero-order valence-corrected chi connectivity index (χ0v) is 15.8. The zero-order chi connectivity index (χ0) is 19.9. The number of hydrogen-bond donors (Lipinski definition) is 0. The summed E-state index contributed by atoms with van der Waals surface area (Å²) >= 11 is 0. The van der Waals surface area contributed by atoms with E-state index in [1.54, 1.807) is 35.2 Å². The van der Waals surface area contributed by atoms with Gasteiger partial charge in [0.05, 0.1) is 13.2 Å². The van der Waals surface area contributed by atoms with Gasteiger partial charge in [-0.15, -0.1) is 0 Å². The minimum atomic E-state index is -0.502. The molecule has 3 rings (SSSR count). The van der Waals surface area contributed by atoms with E-state index in [1.165, 1.54) is 9.80 Å². The molecule has 0 unspecified atom stereocenters. The molecule has 2 fully saturated rings. The fraction of sp³-hybridized carbons (Fsp3) is 0.450. The van der Waals surface area contributed by atoms with Crippen LogP contribution >= 0.6 is 0 Å². The summed E-state index contributed by atoms with van der Waals surface area (Å²) in [6.07, 6.45) is 1.66. The van der Waals surface area contributed by atoms with Crippen LogP contribution in [0.3, 0.4) is 0 Å². The van der Waals surface area contributed by atoms with Gasteiger partial charge in [-0.2, -0.15) is 0 Å². The number of carbonyl (C=O) groups excluding carboxylic acids is 3. The Morgan fingerprint density at radius 2 is 1.43 bits per heavy atom.